The van der Waals surface area contributed by atoms with E-state index in [1.165, 1.54) is 0 Å². The van der Waals surface area contributed by atoms with Gasteiger partial charge in [-0.2, -0.15) is 0 Å². The average Bonchev–Trinajstić information content (AvgIpc) is 2.82. The number of carbonyl (C=O) groups excluding carboxylic acids is 1. The Morgan fingerprint density at radius 1 is 1.45 bits per heavy atom. The summed E-state index contributed by atoms with van der Waals surface area (Å²) in [6.45, 7) is 5.16. The molecule has 2 aromatic rings. The molecule has 20 heavy (non-hydrogen) atoms. The van der Waals surface area contributed by atoms with Crippen LogP contribution in [0.1, 0.15) is 32.1 Å². The van der Waals surface area contributed by atoms with E-state index in [4.69, 9.17) is 5.73 Å². The molecule has 2 rings (SSSR count). The van der Waals surface area contributed by atoms with E-state index in [1.54, 1.807) is 0 Å². The fourth-order valence-electron chi connectivity index (χ4n) is 2.35. The Bertz CT molecular complexity index is 591. The first kappa shape index (κ1) is 14.5. The highest BCUT2D eigenvalue weighted by molar-refractivity contribution is 5.84. The number of benzene rings is 1. The van der Waals surface area contributed by atoms with Crippen LogP contribution >= 0.6 is 0 Å². The number of amides is 1. The molecule has 0 bridgehead atoms. The number of carbonyl (C=O) groups is 1. The van der Waals surface area contributed by atoms with Crippen LogP contribution in [0.5, 0.6) is 0 Å². The molecular formula is C15H22N4O. The molecule has 0 spiro atoms. The lowest BCUT2D eigenvalue weighted by atomic mass is 10.2. The van der Waals surface area contributed by atoms with E-state index in [0.29, 0.717) is 19.5 Å². The van der Waals surface area contributed by atoms with Gasteiger partial charge in [0.2, 0.25) is 5.91 Å². The van der Waals surface area contributed by atoms with E-state index >= 15 is 0 Å². The van der Waals surface area contributed by atoms with E-state index in [-0.39, 0.29) is 11.9 Å². The molecule has 0 aliphatic heterocycles. The van der Waals surface area contributed by atoms with Crippen LogP contribution in [-0.2, 0) is 11.2 Å². The molecule has 1 aromatic carbocycles. The predicted octanol–water partition coefficient (Wildman–Crippen LogP) is 1.62. The zero-order valence-electron chi connectivity index (χ0n) is 12.1. The van der Waals surface area contributed by atoms with Crippen LogP contribution in [0, 0.1) is 0 Å². The Morgan fingerprint density at radius 3 is 2.90 bits per heavy atom. The van der Waals surface area contributed by atoms with Gasteiger partial charge >= 0.3 is 0 Å². The van der Waals surface area contributed by atoms with Crippen molar-refractivity contribution in [2.24, 2.45) is 5.73 Å². The number of para-hydroxylation sites is 2. The fourth-order valence-corrected chi connectivity index (χ4v) is 2.35. The van der Waals surface area contributed by atoms with Crippen LogP contribution in [-0.4, -0.2) is 28.5 Å². The Labute approximate surface area is 119 Å². The lowest BCUT2D eigenvalue weighted by Crippen LogP contribution is -2.32. The zero-order valence-corrected chi connectivity index (χ0v) is 12.1. The molecule has 1 atom stereocenters. The molecule has 1 amide bonds. The molecule has 0 saturated heterocycles. The van der Waals surface area contributed by atoms with Gasteiger partial charge in [0, 0.05) is 13.0 Å². The van der Waals surface area contributed by atoms with Crippen molar-refractivity contribution in [2.75, 3.05) is 13.1 Å². The summed E-state index contributed by atoms with van der Waals surface area (Å²) in [5, 5.41) is 2.94. The Morgan fingerprint density at radius 2 is 2.20 bits per heavy atom. The standard InChI is InChI=1S/C15H22N4O/c1-3-10-17-15(20)11(2)19-13-7-5-4-6-12(13)18-14(19)8-9-16/h4-7,11H,3,8-10,16H2,1-2H3,(H,17,20). The summed E-state index contributed by atoms with van der Waals surface area (Å²) in [6, 6.07) is 7.58. The number of nitrogens with one attached hydrogen (secondary N) is 1. The minimum Gasteiger partial charge on any atom is -0.354 e. The molecule has 0 aliphatic rings. The van der Waals surface area contributed by atoms with Gasteiger partial charge < -0.3 is 15.6 Å². The zero-order chi connectivity index (χ0) is 14.5. The van der Waals surface area contributed by atoms with E-state index < -0.39 is 0 Å². The van der Waals surface area contributed by atoms with Crippen LogP contribution in [0.15, 0.2) is 24.3 Å². The number of hydrogen-bond donors (Lipinski definition) is 2. The molecule has 0 saturated carbocycles. The summed E-state index contributed by atoms with van der Waals surface area (Å²) < 4.78 is 1.99. The number of nitrogens with zero attached hydrogens (tertiary/aromatic N) is 2. The van der Waals surface area contributed by atoms with E-state index in [1.807, 2.05) is 42.7 Å². The van der Waals surface area contributed by atoms with Crippen molar-refractivity contribution in [3.63, 3.8) is 0 Å². The third-order valence-corrected chi connectivity index (χ3v) is 3.35. The maximum Gasteiger partial charge on any atom is 0.242 e. The second-order valence-corrected chi connectivity index (χ2v) is 4.89. The van der Waals surface area contributed by atoms with Crippen molar-refractivity contribution < 1.29 is 4.79 Å². The largest absolute Gasteiger partial charge is 0.354 e. The van der Waals surface area contributed by atoms with Crippen LogP contribution < -0.4 is 11.1 Å². The van der Waals surface area contributed by atoms with Gasteiger partial charge in [0.25, 0.3) is 0 Å². The molecule has 3 N–H and O–H groups in total. The third kappa shape index (κ3) is 2.82. The van der Waals surface area contributed by atoms with Crippen LogP contribution in [0.4, 0.5) is 0 Å². The summed E-state index contributed by atoms with van der Waals surface area (Å²) in [4.78, 5) is 16.8. The second kappa shape index (κ2) is 6.52. The van der Waals surface area contributed by atoms with Crippen LogP contribution in [0.3, 0.4) is 0 Å². The molecule has 5 nitrogen and oxygen atoms in total. The first-order valence-electron chi connectivity index (χ1n) is 7.12. The molecular weight excluding hydrogens is 252 g/mol. The predicted molar refractivity (Wildman–Crippen MR) is 80.5 cm³/mol. The normalized spacial score (nSPS) is 12.6. The molecule has 5 heteroatoms. The monoisotopic (exact) mass is 274 g/mol. The van der Waals surface area contributed by atoms with Gasteiger partial charge in [0.15, 0.2) is 0 Å². The number of aromatic nitrogens is 2. The SMILES string of the molecule is CCCNC(=O)C(C)n1c(CCN)nc2ccccc21. The number of fused-ring (bicyclic) bond motifs is 1. The lowest BCUT2D eigenvalue weighted by Gasteiger charge is -2.17. The van der Waals surface area contributed by atoms with Gasteiger partial charge in [-0.1, -0.05) is 19.1 Å². The minimum atomic E-state index is -0.282. The molecule has 1 aromatic heterocycles. The quantitative estimate of drug-likeness (QED) is 0.840. The third-order valence-electron chi connectivity index (χ3n) is 3.35. The summed E-state index contributed by atoms with van der Waals surface area (Å²) in [6.07, 6.45) is 1.60. The minimum absolute atomic E-state index is 0.0216. The van der Waals surface area contributed by atoms with Gasteiger partial charge in [0.1, 0.15) is 11.9 Å². The van der Waals surface area contributed by atoms with Gasteiger partial charge in [-0.15, -0.1) is 0 Å². The summed E-state index contributed by atoms with van der Waals surface area (Å²) in [5.41, 5.74) is 7.54. The van der Waals surface area contributed by atoms with Crippen molar-refractivity contribution >= 4 is 16.9 Å². The van der Waals surface area contributed by atoms with Gasteiger partial charge in [-0.05, 0) is 32.0 Å². The van der Waals surface area contributed by atoms with Crippen molar-refractivity contribution in [3.8, 4) is 0 Å². The average molecular weight is 274 g/mol. The van der Waals surface area contributed by atoms with Crippen molar-refractivity contribution in [1.29, 1.82) is 0 Å². The lowest BCUT2D eigenvalue weighted by molar-refractivity contribution is -0.123. The molecule has 0 fully saturated rings. The first-order chi connectivity index (χ1) is 9.69. The summed E-state index contributed by atoms with van der Waals surface area (Å²) >= 11 is 0. The van der Waals surface area contributed by atoms with Gasteiger partial charge in [-0.3, -0.25) is 4.79 Å². The van der Waals surface area contributed by atoms with Crippen molar-refractivity contribution in [2.45, 2.75) is 32.7 Å². The van der Waals surface area contributed by atoms with Crippen molar-refractivity contribution in [3.05, 3.63) is 30.1 Å². The fraction of sp³-hybridized carbons (Fsp3) is 0.467. The van der Waals surface area contributed by atoms with Crippen molar-refractivity contribution in [1.82, 2.24) is 14.9 Å². The number of imidazole rings is 1. The highest BCUT2D eigenvalue weighted by Crippen LogP contribution is 2.21. The molecule has 108 valence electrons. The van der Waals surface area contributed by atoms with E-state index in [2.05, 4.69) is 10.3 Å². The Kier molecular flexibility index (Phi) is 4.74. The first-order valence-corrected chi connectivity index (χ1v) is 7.12. The maximum atomic E-state index is 12.2. The second-order valence-electron chi connectivity index (χ2n) is 4.89. The summed E-state index contributed by atoms with van der Waals surface area (Å²) in [5.74, 6) is 0.890. The number of rotatable bonds is 6. The molecule has 0 aliphatic carbocycles. The Balaban J connectivity index is 2.39. The van der Waals surface area contributed by atoms with Crippen LogP contribution in [0.25, 0.3) is 11.0 Å². The number of hydrogen-bond acceptors (Lipinski definition) is 3. The topological polar surface area (TPSA) is 72.9 Å². The number of nitrogens with two attached hydrogens (primary N) is 1. The van der Waals surface area contributed by atoms with Crippen LogP contribution in [0.2, 0.25) is 0 Å². The maximum absolute atomic E-state index is 12.2. The highest BCUT2D eigenvalue weighted by atomic mass is 16.2. The summed E-state index contributed by atoms with van der Waals surface area (Å²) in [7, 11) is 0. The van der Waals surface area contributed by atoms with Gasteiger partial charge in [-0.25, -0.2) is 4.98 Å². The molecule has 0 radical (unpaired) electrons. The van der Waals surface area contributed by atoms with Gasteiger partial charge in [0.05, 0.1) is 11.0 Å². The highest BCUT2D eigenvalue weighted by Gasteiger charge is 2.20. The smallest absolute Gasteiger partial charge is 0.242 e. The van der Waals surface area contributed by atoms with E-state index in [9.17, 15) is 4.79 Å². The Hall–Kier alpha value is -1.88. The molecule has 1 heterocycles. The molecule has 1 unspecified atom stereocenters. The van der Waals surface area contributed by atoms with E-state index in [0.717, 1.165) is 23.3 Å².